The maximum atomic E-state index is 11.8. The van der Waals surface area contributed by atoms with E-state index in [0.717, 1.165) is 22.9 Å². The van der Waals surface area contributed by atoms with E-state index in [4.69, 9.17) is 16.3 Å². The molecule has 27 heavy (non-hydrogen) atoms. The third kappa shape index (κ3) is 4.95. The normalized spacial score (nSPS) is 11.1. The van der Waals surface area contributed by atoms with Crippen LogP contribution in [0.5, 0.6) is 0 Å². The van der Waals surface area contributed by atoms with Gasteiger partial charge < -0.3 is 9.72 Å². The summed E-state index contributed by atoms with van der Waals surface area (Å²) in [5.74, 6) is -0.449. The summed E-state index contributed by atoms with van der Waals surface area (Å²) in [6.45, 7) is 0.302. The lowest BCUT2D eigenvalue weighted by molar-refractivity contribution is -0.384. The summed E-state index contributed by atoms with van der Waals surface area (Å²) in [6, 6.07) is 11.6. The Morgan fingerprint density at radius 3 is 2.74 bits per heavy atom. The Bertz CT molecular complexity index is 993. The molecule has 0 aliphatic heterocycles. The molecule has 0 amide bonds. The number of nitro benzene ring substituents is 1. The van der Waals surface area contributed by atoms with Crippen molar-refractivity contribution < 1.29 is 14.5 Å². The van der Waals surface area contributed by atoms with Crippen LogP contribution in [0.3, 0.4) is 0 Å². The lowest BCUT2D eigenvalue weighted by Crippen LogP contribution is -2.03. The van der Waals surface area contributed by atoms with Crippen molar-refractivity contribution in [2.24, 2.45) is 0 Å². The number of hydrogen-bond acceptors (Lipinski definition) is 4. The summed E-state index contributed by atoms with van der Waals surface area (Å²) >= 11 is 6.04. The molecule has 0 atom stereocenters. The number of ether oxygens (including phenoxy) is 1. The minimum absolute atomic E-state index is 0.00768. The van der Waals surface area contributed by atoms with Crippen molar-refractivity contribution in [2.75, 3.05) is 6.61 Å². The summed E-state index contributed by atoms with van der Waals surface area (Å²) in [7, 11) is 0. The molecule has 2 aromatic carbocycles. The number of non-ortho nitro benzene ring substituents is 1. The summed E-state index contributed by atoms with van der Waals surface area (Å²) in [5, 5.41) is 12.4. The van der Waals surface area contributed by atoms with Gasteiger partial charge in [-0.2, -0.15) is 0 Å². The quantitative estimate of drug-likeness (QED) is 0.206. The van der Waals surface area contributed by atoms with Gasteiger partial charge in [0.2, 0.25) is 0 Å². The number of hydrogen-bond donors (Lipinski definition) is 1. The van der Waals surface area contributed by atoms with Crippen LogP contribution in [0.4, 0.5) is 5.69 Å². The van der Waals surface area contributed by atoms with E-state index in [1.807, 2.05) is 24.4 Å². The average Bonchev–Trinajstić information content (AvgIpc) is 3.06. The average molecular weight is 385 g/mol. The zero-order valence-corrected chi connectivity index (χ0v) is 15.1. The number of rotatable bonds is 7. The standard InChI is InChI=1S/C20H17ClN2O4/c21-16-6-9-19-18(12-16)15(13-22-19)2-1-11-27-20(24)10-5-14-3-7-17(8-4-14)23(25)26/h3-10,12-13,22H,1-2,11H2/b10-5+. The van der Waals surface area contributed by atoms with E-state index in [1.54, 1.807) is 18.2 Å². The summed E-state index contributed by atoms with van der Waals surface area (Å²) in [5.41, 5.74) is 2.85. The van der Waals surface area contributed by atoms with Crippen LogP contribution in [0.2, 0.25) is 5.02 Å². The van der Waals surface area contributed by atoms with E-state index in [0.29, 0.717) is 23.6 Å². The SMILES string of the molecule is O=C(/C=C/c1ccc([N+](=O)[O-])cc1)OCCCc1c[nH]c2ccc(Cl)cc12. The Labute approximate surface area is 160 Å². The lowest BCUT2D eigenvalue weighted by atomic mass is 10.1. The van der Waals surface area contributed by atoms with Crippen LogP contribution in [-0.4, -0.2) is 22.5 Å². The number of nitrogens with zero attached hydrogens (tertiary/aromatic N) is 1. The number of benzene rings is 2. The smallest absolute Gasteiger partial charge is 0.330 e. The van der Waals surface area contributed by atoms with Gasteiger partial charge >= 0.3 is 5.97 Å². The molecule has 1 aromatic heterocycles. The van der Waals surface area contributed by atoms with Gasteiger partial charge in [0, 0.05) is 40.3 Å². The molecule has 138 valence electrons. The van der Waals surface area contributed by atoms with Crippen LogP contribution in [0.15, 0.2) is 54.7 Å². The van der Waals surface area contributed by atoms with Crippen molar-refractivity contribution in [3.63, 3.8) is 0 Å². The molecule has 0 aliphatic carbocycles. The van der Waals surface area contributed by atoms with Gasteiger partial charge in [-0.15, -0.1) is 0 Å². The minimum atomic E-state index is -0.469. The molecule has 0 unspecified atom stereocenters. The summed E-state index contributed by atoms with van der Waals surface area (Å²) < 4.78 is 5.19. The van der Waals surface area contributed by atoms with E-state index in [9.17, 15) is 14.9 Å². The lowest BCUT2D eigenvalue weighted by Gasteiger charge is -2.02. The van der Waals surface area contributed by atoms with Gasteiger partial charge in [0.25, 0.3) is 5.69 Å². The predicted molar refractivity (Wildman–Crippen MR) is 105 cm³/mol. The molecule has 6 nitrogen and oxygen atoms in total. The van der Waals surface area contributed by atoms with Gasteiger partial charge in [0.15, 0.2) is 0 Å². The van der Waals surface area contributed by atoms with E-state index in [2.05, 4.69) is 4.98 Å². The molecule has 0 aliphatic rings. The second-order valence-electron chi connectivity index (χ2n) is 5.96. The maximum Gasteiger partial charge on any atom is 0.330 e. The van der Waals surface area contributed by atoms with Gasteiger partial charge in [-0.1, -0.05) is 11.6 Å². The second-order valence-corrected chi connectivity index (χ2v) is 6.39. The number of nitrogens with one attached hydrogen (secondary N) is 1. The molecule has 1 N–H and O–H groups in total. The number of halogens is 1. The van der Waals surface area contributed by atoms with Crippen molar-refractivity contribution in [3.8, 4) is 0 Å². The number of H-pyrrole nitrogens is 1. The van der Waals surface area contributed by atoms with Crippen LogP contribution in [0.25, 0.3) is 17.0 Å². The van der Waals surface area contributed by atoms with Crippen LogP contribution in [0.1, 0.15) is 17.5 Å². The van der Waals surface area contributed by atoms with Gasteiger partial charge in [0.05, 0.1) is 11.5 Å². The minimum Gasteiger partial charge on any atom is -0.463 e. The highest BCUT2D eigenvalue weighted by Gasteiger charge is 2.06. The van der Waals surface area contributed by atoms with E-state index in [1.165, 1.54) is 18.2 Å². The van der Waals surface area contributed by atoms with Crippen molar-refractivity contribution in [1.29, 1.82) is 0 Å². The Morgan fingerprint density at radius 1 is 1.22 bits per heavy atom. The third-order valence-electron chi connectivity index (χ3n) is 4.08. The number of fused-ring (bicyclic) bond motifs is 1. The molecule has 7 heteroatoms. The van der Waals surface area contributed by atoms with Gasteiger partial charge in [-0.3, -0.25) is 10.1 Å². The topological polar surface area (TPSA) is 85.2 Å². The number of nitro groups is 1. The zero-order chi connectivity index (χ0) is 19.2. The second kappa shape index (κ2) is 8.51. The van der Waals surface area contributed by atoms with Crippen molar-refractivity contribution >= 4 is 40.2 Å². The Morgan fingerprint density at radius 2 is 2.00 bits per heavy atom. The van der Waals surface area contributed by atoms with E-state index >= 15 is 0 Å². The number of aromatic nitrogens is 1. The first-order valence-corrected chi connectivity index (χ1v) is 8.75. The number of aromatic amines is 1. The Hall–Kier alpha value is -3.12. The molecule has 0 saturated heterocycles. The largest absolute Gasteiger partial charge is 0.463 e. The number of carbonyl (C=O) groups excluding carboxylic acids is 1. The zero-order valence-electron chi connectivity index (χ0n) is 14.4. The molecule has 0 spiro atoms. The predicted octanol–water partition coefficient (Wildman–Crippen LogP) is 4.92. The first kappa shape index (κ1) is 18.7. The number of carbonyl (C=O) groups is 1. The highest BCUT2D eigenvalue weighted by Crippen LogP contribution is 2.23. The summed E-state index contributed by atoms with van der Waals surface area (Å²) in [6.07, 6.45) is 6.27. The van der Waals surface area contributed by atoms with Crippen LogP contribution < -0.4 is 0 Å². The van der Waals surface area contributed by atoms with Crippen LogP contribution >= 0.6 is 11.6 Å². The van der Waals surface area contributed by atoms with Crippen molar-refractivity contribution in [3.05, 3.63) is 81.0 Å². The number of aryl methyl sites for hydroxylation is 1. The molecule has 0 bridgehead atoms. The highest BCUT2D eigenvalue weighted by molar-refractivity contribution is 6.31. The van der Waals surface area contributed by atoms with Gasteiger partial charge in [-0.25, -0.2) is 4.79 Å². The fourth-order valence-electron chi connectivity index (χ4n) is 2.71. The molecular weight excluding hydrogens is 368 g/mol. The molecule has 3 aromatic rings. The first-order valence-electron chi connectivity index (χ1n) is 8.38. The fourth-order valence-corrected chi connectivity index (χ4v) is 2.88. The monoisotopic (exact) mass is 384 g/mol. The van der Waals surface area contributed by atoms with Crippen molar-refractivity contribution in [2.45, 2.75) is 12.8 Å². The Balaban J connectivity index is 1.46. The fraction of sp³-hybridized carbons (Fsp3) is 0.150. The van der Waals surface area contributed by atoms with Crippen LogP contribution in [-0.2, 0) is 16.0 Å². The summed E-state index contributed by atoms with van der Waals surface area (Å²) in [4.78, 5) is 25.1. The molecule has 0 radical (unpaired) electrons. The van der Waals surface area contributed by atoms with Crippen molar-refractivity contribution in [1.82, 2.24) is 4.98 Å². The molecule has 0 fully saturated rings. The number of esters is 1. The maximum absolute atomic E-state index is 11.8. The Kier molecular flexibility index (Phi) is 5.88. The molecular formula is C20H17ClN2O4. The highest BCUT2D eigenvalue weighted by atomic mass is 35.5. The van der Waals surface area contributed by atoms with Gasteiger partial charge in [0.1, 0.15) is 0 Å². The van der Waals surface area contributed by atoms with E-state index < -0.39 is 10.9 Å². The van der Waals surface area contributed by atoms with Gasteiger partial charge in [-0.05, 0) is 60.4 Å². The third-order valence-corrected chi connectivity index (χ3v) is 4.32. The molecule has 0 saturated carbocycles. The molecule has 3 rings (SSSR count). The molecule has 1 heterocycles. The first-order chi connectivity index (χ1) is 13.0. The van der Waals surface area contributed by atoms with Crippen LogP contribution in [0, 0.1) is 10.1 Å². The van der Waals surface area contributed by atoms with E-state index in [-0.39, 0.29) is 5.69 Å².